The molecule has 2 nitrogen and oxygen atoms in total. The molecule has 0 amide bonds. The average Bonchev–Trinajstić information content (AvgIpc) is 2.87. The molecule has 0 radical (unpaired) electrons. The monoisotopic (exact) mass is 300 g/mol. The standard InChI is InChI=1S/C16H23F3N2/c1-20(10-5-9-16(17,18)19)15-8-11-21(13-15)12-14-6-3-2-4-7-14/h2-4,6-7,15H,5,8-13H2,1H3/t15-/m0/s1. The molecule has 2 rings (SSSR count). The van der Waals surface area contributed by atoms with E-state index in [1.165, 1.54) is 5.56 Å². The van der Waals surface area contributed by atoms with Crippen LogP contribution in [0.1, 0.15) is 24.8 Å². The number of halogens is 3. The number of benzene rings is 1. The van der Waals surface area contributed by atoms with Gasteiger partial charge >= 0.3 is 6.18 Å². The number of likely N-dealkylation sites (N-methyl/N-ethyl adjacent to an activating group) is 1. The van der Waals surface area contributed by atoms with Crippen molar-refractivity contribution in [3.63, 3.8) is 0 Å². The van der Waals surface area contributed by atoms with Gasteiger partial charge in [-0.3, -0.25) is 4.90 Å². The Balaban J connectivity index is 1.71. The Bertz CT molecular complexity index is 419. The molecular formula is C16H23F3N2. The van der Waals surface area contributed by atoms with Gasteiger partial charge in [-0.15, -0.1) is 0 Å². The molecule has 0 N–H and O–H groups in total. The van der Waals surface area contributed by atoms with Gasteiger partial charge in [-0.1, -0.05) is 30.3 Å². The fraction of sp³-hybridized carbons (Fsp3) is 0.625. The van der Waals surface area contributed by atoms with Crippen LogP contribution in [0.2, 0.25) is 0 Å². The van der Waals surface area contributed by atoms with Gasteiger partial charge in [-0.2, -0.15) is 13.2 Å². The van der Waals surface area contributed by atoms with E-state index in [1.54, 1.807) is 0 Å². The van der Waals surface area contributed by atoms with E-state index in [9.17, 15) is 13.2 Å². The highest BCUT2D eigenvalue weighted by atomic mass is 19.4. The molecule has 1 aliphatic heterocycles. The first kappa shape index (κ1) is 16.3. The first-order valence-electron chi connectivity index (χ1n) is 7.47. The van der Waals surface area contributed by atoms with Crippen molar-refractivity contribution >= 4 is 0 Å². The van der Waals surface area contributed by atoms with Gasteiger partial charge in [0.1, 0.15) is 0 Å². The van der Waals surface area contributed by atoms with E-state index in [4.69, 9.17) is 0 Å². The Morgan fingerprint density at radius 2 is 1.95 bits per heavy atom. The van der Waals surface area contributed by atoms with E-state index < -0.39 is 12.6 Å². The summed E-state index contributed by atoms with van der Waals surface area (Å²) in [6.07, 6.45) is -3.49. The smallest absolute Gasteiger partial charge is 0.302 e. The lowest BCUT2D eigenvalue weighted by atomic mass is 10.2. The van der Waals surface area contributed by atoms with Crippen molar-refractivity contribution in [3.8, 4) is 0 Å². The fourth-order valence-electron chi connectivity index (χ4n) is 2.87. The van der Waals surface area contributed by atoms with E-state index in [0.717, 1.165) is 26.1 Å². The van der Waals surface area contributed by atoms with Crippen molar-refractivity contribution in [1.82, 2.24) is 9.80 Å². The molecule has 1 atom stereocenters. The highest BCUT2D eigenvalue weighted by Crippen LogP contribution is 2.22. The van der Waals surface area contributed by atoms with Crippen LogP contribution in [0.15, 0.2) is 30.3 Å². The van der Waals surface area contributed by atoms with Crippen molar-refractivity contribution in [2.75, 3.05) is 26.7 Å². The molecule has 1 saturated heterocycles. The molecule has 1 fully saturated rings. The van der Waals surface area contributed by atoms with Gasteiger partial charge in [0.05, 0.1) is 0 Å². The van der Waals surface area contributed by atoms with Crippen molar-refractivity contribution < 1.29 is 13.2 Å². The van der Waals surface area contributed by atoms with Crippen LogP contribution < -0.4 is 0 Å². The molecule has 0 saturated carbocycles. The molecule has 21 heavy (non-hydrogen) atoms. The second-order valence-electron chi connectivity index (χ2n) is 5.86. The number of likely N-dealkylation sites (tertiary alicyclic amines) is 1. The fourth-order valence-corrected chi connectivity index (χ4v) is 2.87. The first-order valence-corrected chi connectivity index (χ1v) is 7.47. The molecule has 1 heterocycles. The predicted molar refractivity (Wildman–Crippen MR) is 78.0 cm³/mol. The van der Waals surface area contributed by atoms with Crippen LogP contribution in [0.25, 0.3) is 0 Å². The Kier molecular flexibility index (Phi) is 5.65. The van der Waals surface area contributed by atoms with Crippen LogP contribution in [0.5, 0.6) is 0 Å². The molecule has 1 aliphatic rings. The summed E-state index contributed by atoms with van der Waals surface area (Å²) >= 11 is 0. The SMILES string of the molecule is CN(CCCC(F)(F)F)[C@H]1CCN(Cc2ccccc2)C1. The van der Waals surface area contributed by atoms with Crippen molar-refractivity contribution in [1.29, 1.82) is 0 Å². The normalized spacial score (nSPS) is 20.3. The number of alkyl halides is 3. The number of nitrogens with zero attached hydrogens (tertiary/aromatic N) is 2. The quantitative estimate of drug-likeness (QED) is 0.793. The van der Waals surface area contributed by atoms with Crippen LogP contribution in [-0.4, -0.2) is 48.7 Å². The summed E-state index contributed by atoms with van der Waals surface area (Å²) in [5, 5.41) is 0. The second kappa shape index (κ2) is 7.27. The maximum Gasteiger partial charge on any atom is 0.389 e. The highest BCUT2D eigenvalue weighted by Gasteiger charge is 2.28. The molecular weight excluding hydrogens is 277 g/mol. The third-order valence-electron chi connectivity index (χ3n) is 4.09. The van der Waals surface area contributed by atoms with E-state index in [1.807, 2.05) is 25.2 Å². The molecule has 0 aromatic heterocycles. The highest BCUT2D eigenvalue weighted by molar-refractivity contribution is 5.14. The Morgan fingerprint density at radius 3 is 2.62 bits per heavy atom. The van der Waals surface area contributed by atoms with E-state index in [-0.39, 0.29) is 6.42 Å². The maximum atomic E-state index is 12.2. The summed E-state index contributed by atoms with van der Waals surface area (Å²) in [7, 11) is 1.94. The lowest BCUT2D eigenvalue weighted by molar-refractivity contribution is -0.136. The first-order chi connectivity index (χ1) is 9.94. The summed E-state index contributed by atoms with van der Waals surface area (Å²) in [5.74, 6) is 0. The number of hydrogen-bond acceptors (Lipinski definition) is 2. The molecule has 5 heteroatoms. The van der Waals surface area contributed by atoms with Crippen LogP contribution in [0.3, 0.4) is 0 Å². The zero-order chi connectivity index (χ0) is 15.3. The zero-order valence-electron chi connectivity index (χ0n) is 12.4. The zero-order valence-corrected chi connectivity index (χ0v) is 12.4. The Morgan fingerprint density at radius 1 is 1.24 bits per heavy atom. The Labute approximate surface area is 124 Å². The summed E-state index contributed by atoms with van der Waals surface area (Å²) in [6, 6.07) is 10.7. The van der Waals surface area contributed by atoms with Crippen molar-refractivity contribution in [2.24, 2.45) is 0 Å². The van der Waals surface area contributed by atoms with Gasteiger partial charge in [-0.25, -0.2) is 0 Å². The van der Waals surface area contributed by atoms with Crippen LogP contribution in [-0.2, 0) is 6.54 Å². The van der Waals surface area contributed by atoms with E-state index in [0.29, 0.717) is 12.6 Å². The van der Waals surface area contributed by atoms with Crippen molar-refractivity contribution in [2.45, 2.75) is 38.0 Å². The maximum absolute atomic E-state index is 12.2. The minimum Gasteiger partial charge on any atom is -0.302 e. The minimum atomic E-state index is -4.03. The largest absolute Gasteiger partial charge is 0.389 e. The molecule has 1 aromatic rings. The molecule has 118 valence electrons. The molecule has 0 aliphatic carbocycles. The average molecular weight is 300 g/mol. The van der Waals surface area contributed by atoms with Gasteiger partial charge < -0.3 is 4.90 Å². The molecule has 1 aromatic carbocycles. The van der Waals surface area contributed by atoms with E-state index in [2.05, 4.69) is 21.9 Å². The van der Waals surface area contributed by atoms with Crippen LogP contribution in [0, 0.1) is 0 Å². The summed E-state index contributed by atoms with van der Waals surface area (Å²) < 4.78 is 36.5. The van der Waals surface area contributed by atoms with Crippen molar-refractivity contribution in [3.05, 3.63) is 35.9 Å². The topological polar surface area (TPSA) is 6.48 Å². The second-order valence-corrected chi connectivity index (χ2v) is 5.86. The van der Waals surface area contributed by atoms with Gasteiger partial charge in [0.2, 0.25) is 0 Å². The van der Waals surface area contributed by atoms with Crippen LogP contribution >= 0.6 is 0 Å². The number of rotatable bonds is 6. The molecule has 0 unspecified atom stereocenters. The Hall–Kier alpha value is -1.07. The third-order valence-corrected chi connectivity index (χ3v) is 4.09. The summed E-state index contributed by atoms with van der Waals surface area (Å²) in [5.41, 5.74) is 1.29. The molecule has 0 bridgehead atoms. The summed E-state index contributed by atoms with van der Waals surface area (Å²) in [6.45, 7) is 3.40. The van der Waals surface area contributed by atoms with E-state index >= 15 is 0 Å². The number of hydrogen-bond donors (Lipinski definition) is 0. The minimum absolute atomic E-state index is 0.190. The molecule has 0 spiro atoms. The lowest BCUT2D eigenvalue weighted by Crippen LogP contribution is -2.35. The van der Waals surface area contributed by atoms with Gasteiger partial charge in [0, 0.05) is 32.1 Å². The third kappa shape index (κ3) is 5.67. The summed E-state index contributed by atoms with van der Waals surface area (Å²) in [4.78, 5) is 4.46. The predicted octanol–water partition coefficient (Wildman–Crippen LogP) is 3.54. The lowest BCUT2D eigenvalue weighted by Gasteiger charge is -2.25. The van der Waals surface area contributed by atoms with Gasteiger partial charge in [-0.05, 0) is 32.0 Å². The van der Waals surface area contributed by atoms with Crippen LogP contribution in [0.4, 0.5) is 13.2 Å². The van der Waals surface area contributed by atoms with Gasteiger partial charge in [0.15, 0.2) is 0 Å². The van der Waals surface area contributed by atoms with Gasteiger partial charge in [0.25, 0.3) is 0 Å².